The molecular formula is C11H23O8P. The van der Waals surface area contributed by atoms with Gasteiger partial charge in [-0.15, -0.1) is 0 Å². The maximum Gasteiger partial charge on any atom is 0.474 e. The predicted molar refractivity (Wildman–Crippen MR) is 69.1 cm³/mol. The molecule has 1 rings (SSSR count). The molecule has 1 fully saturated rings. The van der Waals surface area contributed by atoms with Crippen LogP contribution < -0.4 is 0 Å². The lowest BCUT2D eigenvalue weighted by atomic mass is 10.0. The fourth-order valence-electron chi connectivity index (χ4n) is 1.76. The molecule has 1 saturated heterocycles. The maximum absolute atomic E-state index is 11.7. The van der Waals surface area contributed by atoms with Crippen LogP contribution in [0.5, 0.6) is 0 Å². The summed E-state index contributed by atoms with van der Waals surface area (Å²) in [5, 5.41) is 19.6. The van der Waals surface area contributed by atoms with Crippen LogP contribution in [0.4, 0.5) is 0 Å². The van der Waals surface area contributed by atoms with Gasteiger partial charge in [0, 0.05) is 20.6 Å². The highest BCUT2D eigenvalue weighted by molar-refractivity contribution is 7.48. The Morgan fingerprint density at radius 2 is 1.90 bits per heavy atom. The van der Waals surface area contributed by atoms with Crippen molar-refractivity contribution in [3.63, 3.8) is 0 Å². The van der Waals surface area contributed by atoms with E-state index in [1.807, 2.05) is 0 Å². The Hall–Kier alpha value is -0.0500. The van der Waals surface area contributed by atoms with Crippen LogP contribution in [0.25, 0.3) is 0 Å². The lowest BCUT2D eigenvalue weighted by molar-refractivity contribution is -0.280. The summed E-state index contributed by atoms with van der Waals surface area (Å²) in [4.78, 5) is 0. The molecule has 0 aromatic rings. The normalized spacial score (nSPS) is 31.8. The highest BCUT2D eigenvalue weighted by Gasteiger charge is 2.39. The first-order chi connectivity index (χ1) is 9.31. The molecule has 1 aliphatic rings. The topological polar surface area (TPSA) is 104 Å². The van der Waals surface area contributed by atoms with Crippen molar-refractivity contribution in [3.05, 3.63) is 0 Å². The van der Waals surface area contributed by atoms with E-state index < -0.39 is 32.4 Å². The Balaban J connectivity index is 2.56. The standard InChI is InChI=1S/C11H23O8P/c1-7(2)18-11-10(13)9(12)5-8(19-11)6-17-20(14,15-3)16-4/h7-13H,5-6H2,1-4H3/t8-,9+,10+,11+/m0/s1. The van der Waals surface area contributed by atoms with Gasteiger partial charge in [-0.3, -0.25) is 13.6 Å². The van der Waals surface area contributed by atoms with E-state index in [-0.39, 0.29) is 19.1 Å². The molecule has 120 valence electrons. The van der Waals surface area contributed by atoms with E-state index in [1.165, 1.54) is 14.2 Å². The Morgan fingerprint density at radius 1 is 1.30 bits per heavy atom. The third-order valence-corrected chi connectivity index (χ3v) is 4.14. The second-order valence-electron chi connectivity index (χ2n) is 4.71. The number of phosphoric ester groups is 1. The van der Waals surface area contributed by atoms with Gasteiger partial charge in [-0.2, -0.15) is 0 Å². The monoisotopic (exact) mass is 314 g/mol. The van der Waals surface area contributed by atoms with Gasteiger partial charge in [0.05, 0.1) is 24.9 Å². The van der Waals surface area contributed by atoms with Crippen molar-refractivity contribution in [3.8, 4) is 0 Å². The van der Waals surface area contributed by atoms with Crippen LogP contribution in [0.2, 0.25) is 0 Å². The molecule has 0 radical (unpaired) electrons. The predicted octanol–water partition coefficient (Wildman–Crippen LogP) is 0.666. The van der Waals surface area contributed by atoms with Crippen molar-refractivity contribution in [2.45, 2.75) is 51.0 Å². The highest BCUT2D eigenvalue weighted by atomic mass is 31.2. The van der Waals surface area contributed by atoms with Crippen LogP contribution in [0, 0.1) is 0 Å². The molecular weight excluding hydrogens is 291 g/mol. The van der Waals surface area contributed by atoms with Crippen molar-refractivity contribution in [1.82, 2.24) is 0 Å². The average Bonchev–Trinajstić information content (AvgIpc) is 2.41. The molecule has 4 atom stereocenters. The van der Waals surface area contributed by atoms with E-state index >= 15 is 0 Å². The van der Waals surface area contributed by atoms with E-state index in [4.69, 9.17) is 14.0 Å². The van der Waals surface area contributed by atoms with Gasteiger partial charge in [0.25, 0.3) is 0 Å². The quantitative estimate of drug-likeness (QED) is 0.661. The number of ether oxygens (including phenoxy) is 2. The van der Waals surface area contributed by atoms with Crippen molar-refractivity contribution in [2.24, 2.45) is 0 Å². The summed E-state index contributed by atoms with van der Waals surface area (Å²) in [5.74, 6) is 0. The van der Waals surface area contributed by atoms with Gasteiger partial charge in [0.15, 0.2) is 6.29 Å². The van der Waals surface area contributed by atoms with Gasteiger partial charge in [0.2, 0.25) is 0 Å². The van der Waals surface area contributed by atoms with Crippen LogP contribution in [0.15, 0.2) is 0 Å². The van der Waals surface area contributed by atoms with Crippen LogP contribution >= 0.6 is 7.82 Å². The second-order valence-corrected chi connectivity index (χ2v) is 6.60. The molecule has 0 aromatic carbocycles. The minimum atomic E-state index is -3.60. The summed E-state index contributed by atoms with van der Waals surface area (Å²) in [6, 6.07) is 0. The fourth-order valence-corrected chi connectivity index (χ4v) is 2.47. The first-order valence-corrected chi connectivity index (χ1v) is 7.80. The highest BCUT2D eigenvalue weighted by Crippen LogP contribution is 2.47. The Labute approximate surface area is 118 Å². The van der Waals surface area contributed by atoms with Gasteiger partial charge in [0.1, 0.15) is 6.10 Å². The summed E-state index contributed by atoms with van der Waals surface area (Å²) in [7, 11) is -1.19. The Bertz CT molecular complexity index is 328. The lowest BCUT2D eigenvalue weighted by Crippen LogP contribution is -2.51. The lowest BCUT2D eigenvalue weighted by Gasteiger charge is -2.37. The van der Waals surface area contributed by atoms with Gasteiger partial charge in [-0.25, -0.2) is 4.57 Å². The summed E-state index contributed by atoms with van der Waals surface area (Å²) < 4.78 is 36.9. The molecule has 8 nitrogen and oxygen atoms in total. The minimum Gasteiger partial charge on any atom is -0.390 e. The second kappa shape index (κ2) is 7.82. The maximum atomic E-state index is 11.7. The van der Waals surface area contributed by atoms with E-state index in [2.05, 4.69) is 9.05 Å². The first kappa shape index (κ1) is 18.0. The van der Waals surface area contributed by atoms with Crippen LogP contribution in [-0.2, 0) is 27.6 Å². The van der Waals surface area contributed by atoms with Gasteiger partial charge >= 0.3 is 7.82 Å². The third-order valence-electron chi connectivity index (χ3n) is 2.78. The fraction of sp³-hybridized carbons (Fsp3) is 1.00. The van der Waals surface area contributed by atoms with Crippen molar-refractivity contribution < 1.29 is 37.8 Å². The zero-order valence-corrected chi connectivity index (χ0v) is 13.0. The molecule has 0 saturated carbocycles. The van der Waals surface area contributed by atoms with Crippen LogP contribution in [0.1, 0.15) is 20.3 Å². The zero-order chi connectivity index (χ0) is 15.3. The molecule has 1 aliphatic heterocycles. The number of hydrogen-bond donors (Lipinski definition) is 2. The van der Waals surface area contributed by atoms with Gasteiger partial charge in [-0.1, -0.05) is 0 Å². The molecule has 0 spiro atoms. The third kappa shape index (κ3) is 5.05. The Kier molecular flexibility index (Phi) is 7.03. The number of aliphatic hydroxyl groups excluding tert-OH is 2. The SMILES string of the molecule is COP(=O)(OC)OC[C@@H]1C[C@@H](O)[C@@H](O)[C@H](OC(C)C)O1. The number of hydrogen-bond acceptors (Lipinski definition) is 8. The molecule has 1 heterocycles. The first-order valence-electron chi connectivity index (χ1n) is 6.34. The molecule has 20 heavy (non-hydrogen) atoms. The smallest absolute Gasteiger partial charge is 0.390 e. The van der Waals surface area contributed by atoms with E-state index in [0.717, 1.165) is 0 Å². The van der Waals surface area contributed by atoms with Crippen molar-refractivity contribution in [1.29, 1.82) is 0 Å². The molecule has 0 aliphatic carbocycles. The number of phosphoric acid groups is 1. The molecule has 0 aromatic heterocycles. The van der Waals surface area contributed by atoms with Crippen molar-refractivity contribution >= 4 is 7.82 Å². The average molecular weight is 314 g/mol. The zero-order valence-electron chi connectivity index (χ0n) is 12.1. The minimum absolute atomic E-state index is 0.110. The van der Waals surface area contributed by atoms with Gasteiger partial charge < -0.3 is 19.7 Å². The van der Waals surface area contributed by atoms with E-state index in [9.17, 15) is 14.8 Å². The molecule has 2 N–H and O–H groups in total. The number of aliphatic hydroxyl groups is 2. The largest absolute Gasteiger partial charge is 0.474 e. The van der Waals surface area contributed by atoms with Crippen LogP contribution in [-0.4, -0.2) is 61.7 Å². The van der Waals surface area contributed by atoms with Crippen LogP contribution in [0.3, 0.4) is 0 Å². The molecule has 9 heteroatoms. The summed E-state index contributed by atoms with van der Waals surface area (Å²) in [5.41, 5.74) is 0. The summed E-state index contributed by atoms with van der Waals surface area (Å²) >= 11 is 0. The summed E-state index contributed by atoms with van der Waals surface area (Å²) in [6.45, 7) is 3.46. The summed E-state index contributed by atoms with van der Waals surface area (Å²) in [6.07, 6.45) is -3.74. The van der Waals surface area contributed by atoms with E-state index in [0.29, 0.717) is 0 Å². The molecule has 0 amide bonds. The molecule has 0 unspecified atom stereocenters. The van der Waals surface area contributed by atoms with E-state index in [1.54, 1.807) is 13.8 Å². The molecule has 0 bridgehead atoms. The van der Waals surface area contributed by atoms with Crippen molar-refractivity contribution in [2.75, 3.05) is 20.8 Å². The Morgan fingerprint density at radius 3 is 2.40 bits per heavy atom. The number of rotatable bonds is 7. The van der Waals surface area contributed by atoms with Gasteiger partial charge in [-0.05, 0) is 13.8 Å².